The van der Waals surface area contributed by atoms with Crippen LogP contribution in [0.3, 0.4) is 0 Å². The van der Waals surface area contributed by atoms with E-state index >= 15 is 0 Å². The van der Waals surface area contributed by atoms with Gasteiger partial charge in [0.05, 0.1) is 14.2 Å². The second-order valence-corrected chi connectivity index (χ2v) is 4.86. The van der Waals surface area contributed by atoms with E-state index in [1.165, 1.54) is 0 Å². The molecule has 2 aromatic rings. The van der Waals surface area contributed by atoms with E-state index in [1.807, 2.05) is 30.5 Å². The number of methoxy groups -OCH3 is 2. The second kappa shape index (κ2) is 5.04. The Morgan fingerprint density at radius 1 is 1.05 bits per heavy atom. The van der Waals surface area contributed by atoms with Gasteiger partial charge in [-0.15, -0.1) is 0 Å². The molecule has 1 aromatic carbocycles. The standard InChI is InChI=1S/C16H17NO3/c1-19-15-7-6-11(10-16(15)20-2)17-9-8-12-13(17)4-3-5-14(12)18/h6-10H,3-5H2,1-2H3. The third-order valence-electron chi connectivity index (χ3n) is 3.76. The third kappa shape index (κ3) is 1.97. The lowest BCUT2D eigenvalue weighted by Crippen LogP contribution is -2.12. The highest BCUT2D eigenvalue weighted by Gasteiger charge is 2.21. The predicted molar refractivity (Wildman–Crippen MR) is 76.1 cm³/mol. The van der Waals surface area contributed by atoms with E-state index < -0.39 is 0 Å². The Labute approximate surface area is 117 Å². The highest BCUT2D eigenvalue weighted by Crippen LogP contribution is 2.31. The van der Waals surface area contributed by atoms with Gasteiger partial charge in [0.25, 0.3) is 0 Å². The van der Waals surface area contributed by atoms with E-state index in [1.54, 1.807) is 14.2 Å². The number of hydrogen-bond donors (Lipinski definition) is 0. The largest absolute Gasteiger partial charge is 0.493 e. The Balaban J connectivity index is 2.08. The van der Waals surface area contributed by atoms with Gasteiger partial charge in [-0.2, -0.15) is 0 Å². The van der Waals surface area contributed by atoms with Gasteiger partial charge in [0, 0.05) is 35.6 Å². The number of carbonyl (C=O) groups excluding carboxylic acids is 1. The van der Waals surface area contributed by atoms with Crippen LogP contribution in [0, 0.1) is 0 Å². The van der Waals surface area contributed by atoms with Crippen molar-refractivity contribution < 1.29 is 14.3 Å². The Bertz CT molecular complexity index is 658. The number of benzene rings is 1. The quantitative estimate of drug-likeness (QED) is 0.861. The van der Waals surface area contributed by atoms with E-state index in [4.69, 9.17) is 9.47 Å². The molecule has 0 saturated heterocycles. The lowest BCUT2D eigenvalue weighted by molar-refractivity contribution is 0.0972. The smallest absolute Gasteiger partial charge is 0.164 e. The summed E-state index contributed by atoms with van der Waals surface area (Å²) in [6.07, 6.45) is 4.46. The summed E-state index contributed by atoms with van der Waals surface area (Å²) in [4.78, 5) is 11.9. The zero-order valence-corrected chi connectivity index (χ0v) is 11.7. The molecule has 0 N–H and O–H groups in total. The molecule has 1 heterocycles. The van der Waals surface area contributed by atoms with Crippen molar-refractivity contribution in [3.05, 3.63) is 41.7 Å². The third-order valence-corrected chi connectivity index (χ3v) is 3.76. The molecule has 4 nitrogen and oxygen atoms in total. The lowest BCUT2D eigenvalue weighted by atomic mass is 9.97. The Morgan fingerprint density at radius 2 is 1.85 bits per heavy atom. The van der Waals surface area contributed by atoms with Gasteiger partial charge in [0.15, 0.2) is 17.3 Å². The molecule has 20 heavy (non-hydrogen) atoms. The van der Waals surface area contributed by atoms with Crippen LogP contribution in [0.2, 0.25) is 0 Å². The molecule has 0 spiro atoms. The SMILES string of the molecule is COc1ccc(-n2ccc3c2CCCC3=O)cc1OC. The van der Waals surface area contributed by atoms with Crippen LogP contribution in [0.4, 0.5) is 0 Å². The molecule has 4 heteroatoms. The lowest BCUT2D eigenvalue weighted by Gasteiger charge is -2.16. The number of rotatable bonds is 3. The minimum Gasteiger partial charge on any atom is -0.493 e. The van der Waals surface area contributed by atoms with Gasteiger partial charge in [-0.3, -0.25) is 4.79 Å². The average Bonchev–Trinajstić information content (AvgIpc) is 2.92. The summed E-state index contributed by atoms with van der Waals surface area (Å²) in [6.45, 7) is 0. The summed E-state index contributed by atoms with van der Waals surface area (Å²) in [5, 5.41) is 0. The topological polar surface area (TPSA) is 40.5 Å². The van der Waals surface area contributed by atoms with Gasteiger partial charge < -0.3 is 14.0 Å². The first-order valence-corrected chi connectivity index (χ1v) is 6.70. The van der Waals surface area contributed by atoms with Gasteiger partial charge in [-0.25, -0.2) is 0 Å². The van der Waals surface area contributed by atoms with Crippen molar-refractivity contribution in [1.29, 1.82) is 0 Å². The Kier molecular flexibility index (Phi) is 3.22. The molecule has 1 aliphatic carbocycles. The molecule has 0 amide bonds. The maximum Gasteiger partial charge on any atom is 0.164 e. The van der Waals surface area contributed by atoms with Gasteiger partial charge in [0.1, 0.15) is 0 Å². The summed E-state index contributed by atoms with van der Waals surface area (Å²) in [6, 6.07) is 7.69. The van der Waals surface area contributed by atoms with Crippen LogP contribution in [0.25, 0.3) is 5.69 Å². The van der Waals surface area contributed by atoms with Crippen LogP contribution in [0.5, 0.6) is 11.5 Å². The van der Waals surface area contributed by atoms with E-state index in [2.05, 4.69) is 4.57 Å². The molecule has 0 fully saturated rings. The van der Waals surface area contributed by atoms with Crippen molar-refractivity contribution in [2.75, 3.05) is 14.2 Å². The molecule has 0 radical (unpaired) electrons. The summed E-state index contributed by atoms with van der Waals surface area (Å²) < 4.78 is 12.6. The molecule has 0 atom stereocenters. The maximum absolute atomic E-state index is 11.9. The number of hydrogen-bond acceptors (Lipinski definition) is 3. The van der Waals surface area contributed by atoms with Crippen molar-refractivity contribution >= 4 is 5.78 Å². The first-order chi connectivity index (χ1) is 9.74. The molecule has 1 aliphatic rings. The van der Waals surface area contributed by atoms with Crippen LogP contribution in [-0.2, 0) is 6.42 Å². The molecule has 104 valence electrons. The number of carbonyl (C=O) groups is 1. The zero-order valence-electron chi connectivity index (χ0n) is 11.7. The van der Waals surface area contributed by atoms with Crippen molar-refractivity contribution in [2.24, 2.45) is 0 Å². The van der Waals surface area contributed by atoms with E-state index in [-0.39, 0.29) is 5.78 Å². The predicted octanol–water partition coefficient (Wildman–Crippen LogP) is 3.01. The number of nitrogens with zero attached hydrogens (tertiary/aromatic N) is 1. The van der Waals surface area contributed by atoms with E-state index in [0.717, 1.165) is 29.8 Å². The summed E-state index contributed by atoms with van der Waals surface area (Å²) >= 11 is 0. The van der Waals surface area contributed by atoms with Crippen LogP contribution in [0.1, 0.15) is 28.9 Å². The fourth-order valence-electron chi connectivity index (χ4n) is 2.74. The first kappa shape index (κ1) is 12.8. The monoisotopic (exact) mass is 271 g/mol. The molecule has 0 aliphatic heterocycles. The van der Waals surface area contributed by atoms with Crippen molar-refractivity contribution in [3.63, 3.8) is 0 Å². The van der Waals surface area contributed by atoms with Gasteiger partial charge in [0.2, 0.25) is 0 Å². The normalized spacial score (nSPS) is 14.0. The molecular formula is C16H17NO3. The summed E-state index contributed by atoms with van der Waals surface area (Å²) in [7, 11) is 3.24. The average molecular weight is 271 g/mol. The molecule has 0 unspecified atom stereocenters. The minimum absolute atomic E-state index is 0.241. The van der Waals surface area contributed by atoms with Crippen molar-refractivity contribution in [3.8, 4) is 17.2 Å². The van der Waals surface area contributed by atoms with Gasteiger partial charge >= 0.3 is 0 Å². The maximum atomic E-state index is 11.9. The molecule has 0 bridgehead atoms. The van der Waals surface area contributed by atoms with Crippen LogP contribution < -0.4 is 9.47 Å². The molecule has 3 rings (SSSR count). The highest BCUT2D eigenvalue weighted by molar-refractivity contribution is 5.98. The van der Waals surface area contributed by atoms with Crippen molar-refractivity contribution in [1.82, 2.24) is 4.57 Å². The number of Topliss-reactive ketones (excluding diaryl/α,β-unsaturated/α-hetero) is 1. The number of aromatic nitrogens is 1. The summed E-state index contributed by atoms with van der Waals surface area (Å²) in [5.74, 6) is 1.63. The summed E-state index contributed by atoms with van der Waals surface area (Å²) in [5.41, 5.74) is 2.93. The van der Waals surface area contributed by atoms with E-state index in [9.17, 15) is 4.79 Å². The second-order valence-electron chi connectivity index (χ2n) is 4.86. The number of ether oxygens (including phenoxy) is 2. The molecule has 1 aromatic heterocycles. The van der Waals surface area contributed by atoms with Crippen LogP contribution >= 0.6 is 0 Å². The van der Waals surface area contributed by atoms with Gasteiger partial charge in [-0.05, 0) is 31.0 Å². The Morgan fingerprint density at radius 3 is 2.60 bits per heavy atom. The fraction of sp³-hybridized carbons (Fsp3) is 0.312. The van der Waals surface area contributed by atoms with Gasteiger partial charge in [-0.1, -0.05) is 0 Å². The molecular weight excluding hydrogens is 254 g/mol. The minimum atomic E-state index is 0.241. The molecule has 0 saturated carbocycles. The number of fused-ring (bicyclic) bond motifs is 1. The Hall–Kier alpha value is -2.23. The highest BCUT2D eigenvalue weighted by atomic mass is 16.5. The zero-order chi connectivity index (χ0) is 14.1. The fourth-order valence-corrected chi connectivity index (χ4v) is 2.74. The van der Waals surface area contributed by atoms with E-state index in [0.29, 0.717) is 17.9 Å². The number of ketones is 1. The van der Waals surface area contributed by atoms with Crippen LogP contribution in [0.15, 0.2) is 30.5 Å². The van der Waals surface area contributed by atoms with Crippen molar-refractivity contribution in [2.45, 2.75) is 19.3 Å². The first-order valence-electron chi connectivity index (χ1n) is 6.70. The van der Waals surface area contributed by atoms with Crippen LogP contribution in [-0.4, -0.2) is 24.6 Å².